The number of methoxy groups -OCH3 is 1. The Labute approximate surface area is 127 Å². The number of nitrogens with zero attached hydrogens (tertiary/aromatic N) is 2. The van der Waals surface area contributed by atoms with Crippen molar-refractivity contribution in [3.8, 4) is 5.75 Å². The number of benzene rings is 1. The summed E-state index contributed by atoms with van der Waals surface area (Å²) in [5, 5.41) is 0. The minimum Gasteiger partial charge on any atom is -0.497 e. The largest absolute Gasteiger partial charge is 0.497 e. The van der Waals surface area contributed by atoms with E-state index in [1.54, 1.807) is 7.11 Å². The molecule has 1 aliphatic carbocycles. The van der Waals surface area contributed by atoms with E-state index >= 15 is 0 Å². The van der Waals surface area contributed by atoms with Crippen LogP contribution in [0.2, 0.25) is 0 Å². The highest BCUT2D eigenvalue weighted by molar-refractivity contribution is 5.49. The average Bonchev–Trinajstić information content (AvgIpc) is 2.52. The molecule has 2 N–H and O–H groups in total. The van der Waals surface area contributed by atoms with Gasteiger partial charge in [0.25, 0.3) is 0 Å². The average molecular weight is 289 g/mol. The van der Waals surface area contributed by atoms with Crippen molar-refractivity contribution < 1.29 is 4.74 Å². The van der Waals surface area contributed by atoms with Gasteiger partial charge in [-0.3, -0.25) is 4.90 Å². The van der Waals surface area contributed by atoms with E-state index in [9.17, 15) is 0 Å². The van der Waals surface area contributed by atoms with Gasteiger partial charge in [0.15, 0.2) is 0 Å². The Morgan fingerprint density at radius 1 is 1.10 bits per heavy atom. The summed E-state index contributed by atoms with van der Waals surface area (Å²) in [7, 11) is 1.71. The van der Waals surface area contributed by atoms with Crippen molar-refractivity contribution in [3.05, 3.63) is 24.3 Å². The molecule has 1 aromatic carbocycles. The van der Waals surface area contributed by atoms with Crippen LogP contribution in [-0.4, -0.2) is 51.3 Å². The topological polar surface area (TPSA) is 41.7 Å². The molecule has 1 saturated heterocycles. The van der Waals surface area contributed by atoms with Crippen LogP contribution in [0.15, 0.2) is 24.3 Å². The van der Waals surface area contributed by atoms with Gasteiger partial charge >= 0.3 is 0 Å². The van der Waals surface area contributed by atoms with Crippen LogP contribution in [0.5, 0.6) is 5.75 Å². The van der Waals surface area contributed by atoms with Crippen molar-refractivity contribution in [2.24, 2.45) is 11.1 Å². The highest BCUT2D eigenvalue weighted by Gasteiger charge is 2.37. The first-order valence-corrected chi connectivity index (χ1v) is 8.06. The molecule has 0 atom stereocenters. The predicted molar refractivity (Wildman–Crippen MR) is 87.0 cm³/mol. The highest BCUT2D eigenvalue weighted by atomic mass is 16.5. The smallest absolute Gasteiger partial charge is 0.119 e. The molecule has 2 aliphatic rings. The fraction of sp³-hybridized carbons (Fsp3) is 0.647. The van der Waals surface area contributed by atoms with Crippen LogP contribution in [-0.2, 0) is 0 Å². The molecule has 4 nitrogen and oxygen atoms in total. The lowest BCUT2D eigenvalue weighted by Gasteiger charge is -2.46. The van der Waals surface area contributed by atoms with Gasteiger partial charge in [0.1, 0.15) is 5.75 Å². The Kier molecular flexibility index (Phi) is 4.36. The van der Waals surface area contributed by atoms with E-state index in [-0.39, 0.29) is 0 Å². The first kappa shape index (κ1) is 14.7. The maximum Gasteiger partial charge on any atom is 0.119 e. The minimum absolute atomic E-state index is 0.433. The zero-order valence-corrected chi connectivity index (χ0v) is 13.1. The van der Waals surface area contributed by atoms with Gasteiger partial charge in [0.05, 0.1) is 7.11 Å². The Hall–Kier alpha value is -1.26. The fourth-order valence-corrected chi connectivity index (χ4v) is 3.54. The molecule has 1 aromatic rings. The molecule has 0 unspecified atom stereocenters. The van der Waals surface area contributed by atoms with Gasteiger partial charge in [0.2, 0.25) is 0 Å². The van der Waals surface area contributed by atoms with E-state index in [1.807, 2.05) is 12.1 Å². The summed E-state index contributed by atoms with van der Waals surface area (Å²) < 4.78 is 5.22. The van der Waals surface area contributed by atoms with Crippen LogP contribution in [0.25, 0.3) is 0 Å². The summed E-state index contributed by atoms with van der Waals surface area (Å²) in [6, 6.07) is 8.39. The van der Waals surface area contributed by atoms with E-state index in [0.717, 1.165) is 38.5 Å². The summed E-state index contributed by atoms with van der Waals surface area (Å²) in [4.78, 5) is 5.07. The monoisotopic (exact) mass is 289 g/mol. The highest BCUT2D eigenvalue weighted by Crippen LogP contribution is 2.40. The van der Waals surface area contributed by atoms with Crippen LogP contribution in [0.4, 0.5) is 5.69 Å². The molecule has 0 aromatic heterocycles. The van der Waals surface area contributed by atoms with Crippen LogP contribution < -0.4 is 15.4 Å². The molecule has 0 bridgehead atoms. The third kappa shape index (κ3) is 3.16. The molecule has 4 heteroatoms. The van der Waals surface area contributed by atoms with Gasteiger partial charge in [-0.1, -0.05) is 6.42 Å². The van der Waals surface area contributed by atoms with Gasteiger partial charge in [-0.05, 0) is 49.1 Å². The van der Waals surface area contributed by atoms with Crippen LogP contribution in [0.3, 0.4) is 0 Å². The second-order valence-electron chi connectivity index (χ2n) is 6.52. The van der Waals surface area contributed by atoms with Crippen LogP contribution >= 0.6 is 0 Å². The lowest BCUT2D eigenvalue weighted by molar-refractivity contribution is 0.0718. The molecule has 0 amide bonds. The number of anilines is 1. The molecule has 0 spiro atoms. The zero-order chi connectivity index (χ0) is 14.7. The molecule has 1 aliphatic heterocycles. The number of hydrogen-bond acceptors (Lipinski definition) is 4. The molecule has 1 heterocycles. The molecule has 1 saturated carbocycles. The molecular weight excluding hydrogens is 262 g/mol. The lowest BCUT2D eigenvalue weighted by Crippen LogP contribution is -2.53. The Morgan fingerprint density at radius 2 is 1.76 bits per heavy atom. The van der Waals surface area contributed by atoms with Gasteiger partial charge < -0.3 is 15.4 Å². The first-order chi connectivity index (χ1) is 10.2. The third-order valence-electron chi connectivity index (χ3n) is 5.22. The quantitative estimate of drug-likeness (QED) is 0.899. The van der Waals surface area contributed by atoms with Crippen molar-refractivity contribution in [2.45, 2.75) is 19.3 Å². The maximum absolute atomic E-state index is 5.98. The molecule has 116 valence electrons. The lowest BCUT2D eigenvalue weighted by atomic mass is 9.68. The third-order valence-corrected chi connectivity index (χ3v) is 5.22. The summed E-state index contributed by atoms with van der Waals surface area (Å²) >= 11 is 0. The fourth-order valence-electron chi connectivity index (χ4n) is 3.54. The van der Waals surface area contributed by atoms with Crippen molar-refractivity contribution in [2.75, 3.05) is 51.3 Å². The Bertz CT molecular complexity index is 442. The van der Waals surface area contributed by atoms with Crippen molar-refractivity contribution in [1.29, 1.82) is 0 Å². The number of nitrogens with two attached hydrogens (primary N) is 1. The van der Waals surface area contributed by atoms with Crippen LogP contribution in [0.1, 0.15) is 19.3 Å². The van der Waals surface area contributed by atoms with Gasteiger partial charge in [-0.25, -0.2) is 0 Å². The number of hydrogen-bond donors (Lipinski definition) is 1. The van der Waals surface area contributed by atoms with Gasteiger partial charge in [-0.2, -0.15) is 0 Å². The summed E-state index contributed by atoms with van der Waals surface area (Å²) in [6.07, 6.45) is 4.01. The summed E-state index contributed by atoms with van der Waals surface area (Å²) in [6.45, 7) is 6.55. The summed E-state index contributed by atoms with van der Waals surface area (Å²) in [5.74, 6) is 0.923. The van der Waals surface area contributed by atoms with Crippen LogP contribution in [0, 0.1) is 5.41 Å². The number of rotatable bonds is 5. The Balaban J connectivity index is 1.52. The molecule has 0 radical (unpaired) electrons. The molecule has 21 heavy (non-hydrogen) atoms. The predicted octanol–water partition coefficient (Wildman–Crippen LogP) is 1.95. The van der Waals surface area contributed by atoms with Gasteiger partial charge in [-0.15, -0.1) is 0 Å². The standard InChI is InChI=1S/C17H27N3O/c1-21-16-5-3-15(4-6-16)20-11-9-19(10-12-20)14-17(13-18)7-2-8-17/h3-6H,2,7-14,18H2,1H3. The number of ether oxygens (including phenoxy) is 1. The minimum atomic E-state index is 0.433. The normalized spacial score (nSPS) is 21.9. The zero-order valence-electron chi connectivity index (χ0n) is 13.1. The second kappa shape index (κ2) is 6.24. The SMILES string of the molecule is COc1ccc(N2CCN(CC3(CN)CCC3)CC2)cc1. The van der Waals surface area contributed by atoms with E-state index < -0.39 is 0 Å². The summed E-state index contributed by atoms with van der Waals surface area (Å²) in [5.41, 5.74) is 7.71. The van der Waals surface area contributed by atoms with Crippen molar-refractivity contribution >= 4 is 5.69 Å². The van der Waals surface area contributed by atoms with E-state index in [1.165, 1.54) is 31.5 Å². The number of piperazine rings is 1. The first-order valence-electron chi connectivity index (χ1n) is 8.06. The maximum atomic E-state index is 5.98. The van der Waals surface area contributed by atoms with E-state index in [4.69, 9.17) is 10.5 Å². The van der Waals surface area contributed by atoms with E-state index in [0.29, 0.717) is 5.41 Å². The van der Waals surface area contributed by atoms with Crippen molar-refractivity contribution in [3.63, 3.8) is 0 Å². The van der Waals surface area contributed by atoms with E-state index in [2.05, 4.69) is 21.9 Å². The Morgan fingerprint density at radius 3 is 2.24 bits per heavy atom. The second-order valence-corrected chi connectivity index (χ2v) is 6.52. The molecule has 2 fully saturated rings. The van der Waals surface area contributed by atoms with Crippen molar-refractivity contribution in [1.82, 2.24) is 4.90 Å². The molecular formula is C17H27N3O. The van der Waals surface area contributed by atoms with Gasteiger partial charge in [0, 0.05) is 38.4 Å². The molecule has 3 rings (SSSR count).